The van der Waals surface area contributed by atoms with Crippen LogP contribution in [0, 0.1) is 5.92 Å². The molecule has 0 saturated heterocycles. The van der Waals surface area contributed by atoms with Crippen molar-refractivity contribution in [2.24, 2.45) is 11.0 Å². The van der Waals surface area contributed by atoms with Crippen molar-refractivity contribution in [2.75, 3.05) is 0 Å². The Labute approximate surface area is 61.7 Å². The third-order valence-electron chi connectivity index (χ3n) is 2.65. The van der Waals surface area contributed by atoms with E-state index in [-0.39, 0.29) is 0 Å². The molecule has 0 aromatic carbocycles. The first-order valence-electron chi connectivity index (χ1n) is 4.24. The van der Waals surface area contributed by atoms with Crippen molar-refractivity contribution >= 4 is 6.21 Å². The van der Waals surface area contributed by atoms with E-state index >= 15 is 0 Å². The van der Waals surface area contributed by atoms with Gasteiger partial charge in [-0.05, 0) is 25.2 Å². The summed E-state index contributed by atoms with van der Waals surface area (Å²) in [4.78, 5) is 0. The molecule has 0 aromatic heterocycles. The molecule has 10 heavy (non-hydrogen) atoms. The molecule has 0 radical (unpaired) electrons. The molecule has 1 aliphatic carbocycles. The van der Waals surface area contributed by atoms with Crippen LogP contribution in [0.1, 0.15) is 32.1 Å². The monoisotopic (exact) mass is 138 g/mol. The molecular weight excluding hydrogens is 124 g/mol. The van der Waals surface area contributed by atoms with Crippen molar-refractivity contribution in [3.8, 4) is 0 Å². The van der Waals surface area contributed by atoms with Crippen LogP contribution in [0.15, 0.2) is 5.10 Å². The third kappa shape index (κ3) is 1.02. The summed E-state index contributed by atoms with van der Waals surface area (Å²) in [5, 5.41) is 4.09. The van der Waals surface area contributed by atoms with E-state index in [2.05, 4.69) is 10.5 Å². The van der Waals surface area contributed by atoms with Gasteiger partial charge in [0, 0.05) is 12.3 Å². The summed E-state index contributed by atoms with van der Waals surface area (Å²) in [5.74, 6) is 0.895. The fourth-order valence-corrected chi connectivity index (χ4v) is 2.00. The lowest BCUT2D eigenvalue weighted by atomic mass is 9.82. The molecule has 2 nitrogen and oxygen atoms in total. The van der Waals surface area contributed by atoms with E-state index in [1.54, 1.807) is 0 Å². The predicted octanol–water partition coefficient (Wildman–Crippen LogP) is 1.52. The van der Waals surface area contributed by atoms with Crippen LogP contribution in [-0.2, 0) is 0 Å². The molecule has 2 heteroatoms. The zero-order chi connectivity index (χ0) is 6.81. The molecule has 1 N–H and O–H groups in total. The van der Waals surface area contributed by atoms with Crippen LogP contribution in [-0.4, -0.2) is 12.3 Å². The van der Waals surface area contributed by atoms with Gasteiger partial charge in [0.05, 0.1) is 0 Å². The maximum absolute atomic E-state index is 4.09. The Balaban J connectivity index is 2.01. The van der Waals surface area contributed by atoms with Crippen molar-refractivity contribution in [3.63, 3.8) is 0 Å². The van der Waals surface area contributed by atoms with Crippen LogP contribution >= 0.6 is 0 Å². The summed E-state index contributed by atoms with van der Waals surface area (Å²) in [7, 11) is 0. The number of hydrogen-bond donors (Lipinski definition) is 1. The molecule has 0 spiro atoms. The number of fused-ring (bicyclic) bond motifs is 1. The van der Waals surface area contributed by atoms with Crippen molar-refractivity contribution in [3.05, 3.63) is 0 Å². The normalized spacial score (nSPS) is 38.4. The van der Waals surface area contributed by atoms with Crippen molar-refractivity contribution in [2.45, 2.75) is 38.1 Å². The number of nitrogens with zero attached hydrogens (tertiary/aromatic N) is 1. The third-order valence-corrected chi connectivity index (χ3v) is 2.65. The van der Waals surface area contributed by atoms with Crippen LogP contribution in [0.5, 0.6) is 0 Å². The Kier molecular flexibility index (Phi) is 1.61. The summed E-state index contributed by atoms with van der Waals surface area (Å²) in [6.45, 7) is 0. The van der Waals surface area contributed by atoms with Gasteiger partial charge in [-0.1, -0.05) is 12.8 Å². The van der Waals surface area contributed by atoms with Gasteiger partial charge in [-0.2, -0.15) is 5.10 Å². The molecule has 2 aliphatic rings. The largest absolute Gasteiger partial charge is 0.307 e. The van der Waals surface area contributed by atoms with Gasteiger partial charge in [-0.15, -0.1) is 0 Å². The summed E-state index contributed by atoms with van der Waals surface area (Å²) >= 11 is 0. The number of rotatable bonds is 0. The number of hydrazone groups is 1. The minimum absolute atomic E-state index is 0.707. The fourth-order valence-electron chi connectivity index (χ4n) is 2.00. The lowest BCUT2D eigenvalue weighted by Gasteiger charge is -2.32. The molecule has 2 unspecified atom stereocenters. The fraction of sp³-hybridized carbons (Fsp3) is 0.875. The Hall–Kier alpha value is -0.530. The second-order valence-electron chi connectivity index (χ2n) is 3.33. The molecule has 2 rings (SSSR count). The summed E-state index contributed by atoms with van der Waals surface area (Å²) in [6, 6.07) is 0.707. The van der Waals surface area contributed by atoms with Crippen molar-refractivity contribution < 1.29 is 0 Å². The van der Waals surface area contributed by atoms with Crippen LogP contribution in [0.25, 0.3) is 0 Å². The van der Waals surface area contributed by atoms with Gasteiger partial charge in [0.1, 0.15) is 0 Å². The average Bonchev–Trinajstić information content (AvgIpc) is 2.05. The average molecular weight is 138 g/mol. The summed E-state index contributed by atoms with van der Waals surface area (Å²) in [5.41, 5.74) is 3.19. The van der Waals surface area contributed by atoms with E-state index in [9.17, 15) is 0 Å². The van der Waals surface area contributed by atoms with E-state index < -0.39 is 0 Å². The van der Waals surface area contributed by atoms with E-state index in [0.29, 0.717) is 6.04 Å². The Bertz CT molecular complexity index is 126. The number of nitrogens with one attached hydrogen (secondary N) is 1. The number of hydrogen-bond acceptors (Lipinski definition) is 2. The maximum atomic E-state index is 4.09. The second-order valence-corrected chi connectivity index (χ2v) is 3.33. The first kappa shape index (κ1) is 6.20. The Morgan fingerprint density at radius 3 is 3.10 bits per heavy atom. The van der Waals surface area contributed by atoms with Crippen LogP contribution < -0.4 is 5.43 Å². The quantitative estimate of drug-likeness (QED) is 0.539. The van der Waals surface area contributed by atoms with Crippen molar-refractivity contribution in [1.82, 2.24) is 5.43 Å². The molecule has 0 aromatic rings. The summed E-state index contributed by atoms with van der Waals surface area (Å²) in [6.07, 6.45) is 8.79. The molecule has 0 amide bonds. The van der Waals surface area contributed by atoms with Gasteiger partial charge in [-0.25, -0.2) is 0 Å². The van der Waals surface area contributed by atoms with Gasteiger partial charge in [-0.3, -0.25) is 0 Å². The Morgan fingerprint density at radius 1 is 1.30 bits per heavy atom. The molecule has 1 saturated carbocycles. The highest BCUT2D eigenvalue weighted by Gasteiger charge is 2.25. The smallest absolute Gasteiger partial charge is 0.0471 e. The lowest BCUT2D eigenvalue weighted by Crippen LogP contribution is -2.38. The Morgan fingerprint density at radius 2 is 2.20 bits per heavy atom. The SMILES string of the molecule is C1=NNC2CCCCC2C1. The highest BCUT2D eigenvalue weighted by Crippen LogP contribution is 2.27. The van der Waals surface area contributed by atoms with E-state index in [1.807, 2.05) is 6.21 Å². The topological polar surface area (TPSA) is 24.4 Å². The minimum atomic E-state index is 0.707. The molecule has 1 heterocycles. The van der Waals surface area contributed by atoms with Gasteiger partial charge >= 0.3 is 0 Å². The van der Waals surface area contributed by atoms with Gasteiger partial charge < -0.3 is 5.43 Å². The van der Waals surface area contributed by atoms with Crippen molar-refractivity contribution in [1.29, 1.82) is 0 Å². The first-order chi connectivity index (χ1) is 4.97. The second kappa shape index (κ2) is 2.60. The van der Waals surface area contributed by atoms with Crippen LogP contribution in [0.3, 0.4) is 0 Å². The van der Waals surface area contributed by atoms with Gasteiger partial charge in [0.25, 0.3) is 0 Å². The zero-order valence-electron chi connectivity index (χ0n) is 6.21. The van der Waals surface area contributed by atoms with E-state index in [4.69, 9.17) is 0 Å². The molecule has 2 atom stereocenters. The highest BCUT2D eigenvalue weighted by atomic mass is 15.3. The lowest BCUT2D eigenvalue weighted by molar-refractivity contribution is 0.262. The minimum Gasteiger partial charge on any atom is -0.307 e. The first-order valence-corrected chi connectivity index (χ1v) is 4.24. The predicted molar refractivity (Wildman–Crippen MR) is 42.0 cm³/mol. The van der Waals surface area contributed by atoms with E-state index in [1.165, 1.54) is 32.1 Å². The van der Waals surface area contributed by atoms with Gasteiger partial charge in [0.2, 0.25) is 0 Å². The molecule has 56 valence electrons. The molecule has 1 aliphatic heterocycles. The molecule has 0 bridgehead atoms. The van der Waals surface area contributed by atoms with Gasteiger partial charge in [0.15, 0.2) is 0 Å². The summed E-state index contributed by atoms with van der Waals surface area (Å²) < 4.78 is 0. The maximum Gasteiger partial charge on any atom is 0.0471 e. The van der Waals surface area contributed by atoms with E-state index in [0.717, 1.165) is 5.92 Å². The highest BCUT2D eigenvalue weighted by molar-refractivity contribution is 5.58. The molecular formula is C8H14N2. The van der Waals surface area contributed by atoms with Crippen LogP contribution in [0.2, 0.25) is 0 Å². The standard InChI is InChI=1S/C8H14N2/c1-2-4-8-7(3-1)5-6-9-10-8/h6-8,10H,1-5H2. The van der Waals surface area contributed by atoms with Crippen LogP contribution in [0.4, 0.5) is 0 Å². The zero-order valence-corrected chi connectivity index (χ0v) is 6.21. The molecule has 1 fully saturated rings.